The average Bonchev–Trinajstić information content (AvgIpc) is 3.01. The maximum Gasteiger partial charge on any atom is 0.356 e. The number of fused-ring (bicyclic) bond motifs is 1. The minimum atomic E-state index is -0.377. The molecule has 2 aromatic rings. The van der Waals surface area contributed by atoms with Crippen molar-refractivity contribution in [2.75, 3.05) is 7.11 Å². The van der Waals surface area contributed by atoms with Crippen molar-refractivity contribution in [1.29, 1.82) is 0 Å². The summed E-state index contributed by atoms with van der Waals surface area (Å²) in [5.41, 5.74) is 3.65. The van der Waals surface area contributed by atoms with Crippen LogP contribution in [0.3, 0.4) is 0 Å². The van der Waals surface area contributed by atoms with Crippen molar-refractivity contribution in [2.45, 2.75) is 19.9 Å². The first-order valence-electron chi connectivity index (χ1n) is 6.87. The fraction of sp³-hybridized carbons (Fsp3) is 0.294. The van der Waals surface area contributed by atoms with E-state index in [1.165, 1.54) is 7.11 Å². The Bertz CT molecular complexity index is 728. The van der Waals surface area contributed by atoms with Gasteiger partial charge in [-0.15, -0.1) is 0 Å². The summed E-state index contributed by atoms with van der Waals surface area (Å²) in [4.78, 5) is 16.1. The SMILES string of the molecule is C=C1c2ccccc2C(n2cncc2C(=O)OC)C1(C)C. The first-order valence-corrected chi connectivity index (χ1v) is 6.87. The van der Waals surface area contributed by atoms with Gasteiger partial charge in [0.15, 0.2) is 0 Å². The molecule has 0 amide bonds. The zero-order chi connectivity index (χ0) is 15.2. The second-order valence-corrected chi connectivity index (χ2v) is 5.87. The number of rotatable bonds is 2. The van der Waals surface area contributed by atoms with Gasteiger partial charge in [-0.2, -0.15) is 0 Å². The van der Waals surface area contributed by atoms with Crippen molar-refractivity contribution in [2.24, 2.45) is 5.41 Å². The van der Waals surface area contributed by atoms with Gasteiger partial charge < -0.3 is 9.30 Å². The fourth-order valence-electron chi connectivity index (χ4n) is 3.18. The Morgan fingerprint density at radius 1 is 1.38 bits per heavy atom. The number of carbonyl (C=O) groups excluding carboxylic acids is 1. The zero-order valence-corrected chi connectivity index (χ0v) is 12.5. The minimum Gasteiger partial charge on any atom is -0.464 e. The molecule has 0 saturated heterocycles. The number of allylic oxidation sites excluding steroid dienone is 1. The smallest absolute Gasteiger partial charge is 0.356 e. The molecule has 108 valence electrons. The van der Waals surface area contributed by atoms with Crippen molar-refractivity contribution in [3.05, 3.63) is 60.2 Å². The summed E-state index contributed by atoms with van der Waals surface area (Å²) in [5.74, 6) is -0.377. The number of hydrogen-bond donors (Lipinski definition) is 0. The molecular weight excluding hydrogens is 264 g/mol. The molecule has 1 atom stereocenters. The number of imidazole rings is 1. The maximum atomic E-state index is 12.0. The third-order valence-corrected chi connectivity index (χ3v) is 4.38. The van der Waals surface area contributed by atoms with Crippen molar-refractivity contribution < 1.29 is 9.53 Å². The highest BCUT2D eigenvalue weighted by Crippen LogP contribution is 2.54. The molecule has 4 heteroatoms. The van der Waals surface area contributed by atoms with Gasteiger partial charge in [-0.3, -0.25) is 0 Å². The molecule has 3 rings (SSSR count). The predicted octanol–water partition coefficient (Wildman–Crippen LogP) is 3.31. The standard InChI is InChI=1S/C17H18N2O2/c1-11-12-7-5-6-8-13(12)15(17(11,2)3)19-10-18-9-14(19)16(20)21-4/h5-10,15H,1H2,2-4H3. The molecular formula is C17H18N2O2. The summed E-state index contributed by atoms with van der Waals surface area (Å²) >= 11 is 0. The van der Waals surface area contributed by atoms with E-state index in [0.29, 0.717) is 5.69 Å². The Labute approximate surface area is 124 Å². The second kappa shape index (κ2) is 4.58. The average molecular weight is 282 g/mol. The van der Waals surface area contributed by atoms with Gasteiger partial charge >= 0.3 is 5.97 Å². The van der Waals surface area contributed by atoms with Crippen LogP contribution in [0.15, 0.2) is 43.4 Å². The van der Waals surface area contributed by atoms with Crippen LogP contribution in [-0.4, -0.2) is 22.6 Å². The minimum absolute atomic E-state index is 0.0159. The van der Waals surface area contributed by atoms with E-state index in [1.54, 1.807) is 12.5 Å². The van der Waals surface area contributed by atoms with Crippen molar-refractivity contribution in [1.82, 2.24) is 9.55 Å². The van der Waals surface area contributed by atoms with Crippen LogP contribution >= 0.6 is 0 Å². The van der Waals surface area contributed by atoms with E-state index < -0.39 is 0 Å². The third kappa shape index (κ3) is 1.82. The number of ether oxygens (including phenoxy) is 1. The summed E-state index contributed by atoms with van der Waals surface area (Å²) in [6.45, 7) is 8.53. The number of carbonyl (C=O) groups is 1. The van der Waals surface area contributed by atoms with Gasteiger partial charge in [-0.25, -0.2) is 9.78 Å². The molecule has 0 spiro atoms. The Morgan fingerprint density at radius 3 is 2.81 bits per heavy atom. The summed E-state index contributed by atoms with van der Waals surface area (Å²) < 4.78 is 6.75. The second-order valence-electron chi connectivity index (χ2n) is 5.87. The van der Waals surface area contributed by atoms with Gasteiger partial charge in [-0.05, 0) is 16.7 Å². The molecule has 1 aromatic carbocycles. The summed E-state index contributed by atoms with van der Waals surface area (Å²) in [7, 11) is 1.38. The van der Waals surface area contributed by atoms with Crippen molar-refractivity contribution >= 4 is 11.5 Å². The first-order chi connectivity index (χ1) is 9.98. The summed E-state index contributed by atoms with van der Waals surface area (Å²) in [5, 5.41) is 0. The van der Waals surface area contributed by atoms with E-state index in [4.69, 9.17) is 4.74 Å². The predicted molar refractivity (Wildman–Crippen MR) is 81.0 cm³/mol. The zero-order valence-electron chi connectivity index (χ0n) is 12.5. The quantitative estimate of drug-likeness (QED) is 0.794. The highest BCUT2D eigenvalue weighted by Gasteiger charge is 2.44. The number of methoxy groups -OCH3 is 1. The normalized spacial score (nSPS) is 19.4. The van der Waals surface area contributed by atoms with E-state index in [0.717, 1.165) is 16.7 Å². The van der Waals surface area contributed by atoms with Gasteiger partial charge in [0.1, 0.15) is 5.69 Å². The lowest BCUT2D eigenvalue weighted by Gasteiger charge is -2.30. The topological polar surface area (TPSA) is 44.1 Å². The van der Waals surface area contributed by atoms with E-state index in [9.17, 15) is 4.79 Å². The van der Waals surface area contributed by atoms with E-state index in [1.807, 2.05) is 16.7 Å². The van der Waals surface area contributed by atoms with E-state index in [-0.39, 0.29) is 17.4 Å². The molecule has 1 heterocycles. The van der Waals surface area contributed by atoms with E-state index in [2.05, 4.69) is 37.5 Å². The number of benzene rings is 1. The lowest BCUT2D eigenvalue weighted by atomic mass is 9.82. The molecule has 4 nitrogen and oxygen atoms in total. The van der Waals surface area contributed by atoms with Crippen LogP contribution in [0, 0.1) is 5.41 Å². The van der Waals surface area contributed by atoms with Gasteiger partial charge in [0, 0.05) is 5.41 Å². The lowest BCUT2D eigenvalue weighted by molar-refractivity contribution is 0.0584. The van der Waals surface area contributed by atoms with Crippen LogP contribution in [0.1, 0.15) is 41.5 Å². The fourth-order valence-corrected chi connectivity index (χ4v) is 3.18. The molecule has 21 heavy (non-hydrogen) atoms. The van der Waals surface area contributed by atoms with Crippen LogP contribution < -0.4 is 0 Å². The van der Waals surface area contributed by atoms with Gasteiger partial charge in [0.05, 0.1) is 25.7 Å². The molecule has 0 radical (unpaired) electrons. The van der Waals surface area contributed by atoms with E-state index >= 15 is 0 Å². The lowest BCUT2D eigenvalue weighted by Crippen LogP contribution is -2.26. The van der Waals surface area contributed by atoms with Crippen LogP contribution in [0.4, 0.5) is 0 Å². The van der Waals surface area contributed by atoms with Crippen molar-refractivity contribution in [3.63, 3.8) is 0 Å². The largest absolute Gasteiger partial charge is 0.464 e. The summed E-state index contributed by atoms with van der Waals surface area (Å²) in [6, 6.07) is 8.17. The third-order valence-electron chi connectivity index (χ3n) is 4.38. The van der Waals surface area contributed by atoms with Crippen LogP contribution in [0.25, 0.3) is 5.57 Å². The molecule has 1 aromatic heterocycles. The Hall–Kier alpha value is -2.36. The van der Waals surface area contributed by atoms with Gasteiger partial charge in [0.25, 0.3) is 0 Å². The van der Waals surface area contributed by atoms with Crippen LogP contribution in [0.5, 0.6) is 0 Å². The number of aromatic nitrogens is 2. The first kappa shape index (κ1) is 13.6. The molecule has 0 bridgehead atoms. The molecule has 0 aliphatic heterocycles. The Morgan fingerprint density at radius 2 is 2.10 bits per heavy atom. The monoisotopic (exact) mass is 282 g/mol. The number of hydrogen-bond acceptors (Lipinski definition) is 3. The number of nitrogens with zero attached hydrogens (tertiary/aromatic N) is 2. The maximum absolute atomic E-state index is 12.0. The highest BCUT2D eigenvalue weighted by molar-refractivity contribution is 5.87. The van der Waals surface area contributed by atoms with Crippen LogP contribution in [-0.2, 0) is 4.74 Å². The van der Waals surface area contributed by atoms with Crippen molar-refractivity contribution in [3.8, 4) is 0 Å². The Balaban J connectivity index is 2.21. The molecule has 1 unspecified atom stereocenters. The molecule has 1 aliphatic rings. The van der Waals surface area contributed by atoms with Gasteiger partial charge in [0.2, 0.25) is 0 Å². The summed E-state index contributed by atoms with van der Waals surface area (Å²) in [6.07, 6.45) is 3.24. The molecule has 0 saturated carbocycles. The Kier molecular flexibility index (Phi) is 2.97. The number of esters is 1. The van der Waals surface area contributed by atoms with Crippen LogP contribution in [0.2, 0.25) is 0 Å². The highest BCUT2D eigenvalue weighted by atomic mass is 16.5. The molecule has 1 aliphatic carbocycles. The molecule has 0 N–H and O–H groups in total. The molecule has 0 fully saturated rings. The van der Waals surface area contributed by atoms with Gasteiger partial charge in [-0.1, -0.05) is 44.7 Å².